The topological polar surface area (TPSA) is 69.4 Å². The number of esters is 1. The summed E-state index contributed by atoms with van der Waals surface area (Å²) in [5.74, 6) is -0.375. The van der Waals surface area contributed by atoms with Crippen LogP contribution in [0.3, 0.4) is 0 Å². The normalized spacial score (nSPS) is 10.6. The van der Waals surface area contributed by atoms with E-state index >= 15 is 0 Å². The Morgan fingerprint density at radius 2 is 2.22 bits per heavy atom. The largest absolute Gasteiger partial charge is 0.469 e. The van der Waals surface area contributed by atoms with Crippen LogP contribution in [0.5, 0.6) is 0 Å². The van der Waals surface area contributed by atoms with Crippen molar-refractivity contribution in [2.75, 3.05) is 7.11 Å². The van der Waals surface area contributed by atoms with Gasteiger partial charge in [-0.05, 0) is 24.6 Å². The molecule has 0 unspecified atom stereocenters. The number of fused-ring (bicyclic) bond motifs is 1. The summed E-state index contributed by atoms with van der Waals surface area (Å²) in [7, 11) is 1.31. The molecule has 0 fully saturated rings. The molecule has 0 spiro atoms. The fraction of sp³-hybridized carbons (Fsp3) is 0.308. The molecule has 5 nitrogen and oxygen atoms in total. The van der Waals surface area contributed by atoms with Crippen LogP contribution in [0.25, 0.3) is 11.1 Å². The van der Waals surface area contributed by atoms with Crippen LogP contribution in [0.1, 0.15) is 17.7 Å². The lowest BCUT2D eigenvalue weighted by molar-refractivity contribution is -0.140. The van der Waals surface area contributed by atoms with Crippen molar-refractivity contribution in [2.45, 2.75) is 19.8 Å². The minimum absolute atomic E-state index is 0.117. The van der Waals surface area contributed by atoms with Gasteiger partial charge in [0.05, 0.1) is 13.5 Å². The highest BCUT2D eigenvalue weighted by Crippen LogP contribution is 2.12. The maximum absolute atomic E-state index is 11.7. The number of carbonyl (C=O) groups excluding carboxylic acids is 1. The lowest BCUT2D eigenvalue weighted by Crippen LogP contribution is -2.13. The van der Waals surface area contributed by atoms with Crippen LogP contribution in [-0.2, 0) is 16.0 Å². The lowest BCUT2D eigenvalue weighted by atomic mass is 10.2. The van der Waals surface area contributed by atoms with Gasteiger partial charge >= 0.3 is 11.6 Å². The maximum Gasteiger partial charge on any atom is 0.358 e. The third-order valence-corrected chi connectivity index (χ3v) is 2.60. The first-order chi connectivity index (χ1) is 8.60. The minimum atomic E-state index is -0.503. The summed E-state index contributed by atoms with van der Waals surface area (Å²) in [6, 6.07) is 5.43. The number of aryl methyl sites for hydroxylation is 2. The smallest absolute Gasteiger partial charge is 0.358 e. The number of rotatable bonds is 3. The first-order valence-corrected chi connectivity index (χ1v) is 5.57. The van der Waals surface area contributed by atoms with Gasteiger partial charge in [-0.25, -0.2) is 9.78 Å². The van der Waals surface area contributed by atoms with Crippen molar-refractivity contribution in [1.29, 1.82) is 0 Å². The molecule has 2 aromatic rings. The molecule has 2 rings (SSSR count). The number of nitrogens with zero attached hydrogens (tertiary/aromatic N) is 1. The van der Waals surface area contributed by atoms with Crippen LogP contribution < -0.4 is 5.63 Å². The van der Waals surface area contributed by atoms with Crippen molar-refractivity contribution in [3.63, 3.8) is 0 Å². The van der Waals surface area contributed by atoms with Gasteiger partial charge in [0.25, 0.3) is 0 Å². The molecule has 0 atom stereocenters. The zero-order valence-corrected chi connectivity index (χ0v) is 10.2. The van der Waals surface area contributed by atoms with Crippen molar-refractivity contribution < 1.29 is 13.9 Å². The van der Waals surface area contributed by atoms with E-state index in [0.717, 1.165) is 5.56 Å². The number of benzene rings is 1. The van der Waals surface area contributed by atoms with Crippen LogP contribution in [0.2, 0.25) is 0 Å². The average Bonchev–Trinajstić information content (AvgIpc) is 2.35. The van der Waals surface area contributed by atoms with Gasteiger partial charge in [0.15, 0.2) is 5.58 Å². The molecular formula is C13H13NO4. The van der Waals surface area contributed by atoms with Gasteiger partial charge in [-0.1, -0.05) is 6.07 Å². The third kappa shape index (κ3) is 2.56. The van der Waals surface area contributed by atoms with E-state index in [9.17, 15) is 9.59 Å². The number of hydrogen-bond donors (Lipinski definition) is 0. The van der Waals surface area contributed by atoms with E-state index in [0.29, 0.717) is 11.1 Å². The summed E-state index contributed by atoms with van der Waals surface area (Å²) in [5.41, 5.74) is 1.81. The SMILES string of the molecule is COC(=O)CCc1nc2ccc(C)cc2oc1=O. The van der Waals surface area contributed by atoms with E-state index in [4.69, 9.17) is 4.42 Å². The molecule has 0 bridgehead atoms. The van der Waals surface area contributed by atoms with E-state index in [2.05, 4.69) is 9.72 Å². The zero-order chi connectivity index (χ0) is 13.1. The second kappa shape index (κ2) is 5.00. The molecule has 0 N–H and O–H groups in total. The van der Waals surface area contributed by atoms with E-state index in [1.807, 2.05) is 13.0 Å². The zero-order valence-electron chi connectivity index (χ0n) is 10.2. The molecule has 0 saturated carbocycles. The molecule has 18 heavy (non-hydrogen) atoms. The van der Waals surface area contributed by atoms with Gasteiger partial charge in [-0.3, -0.25) is 4.79 Å². The first-order valence-electron chi connectivity index (χ1n) is 5.57. The van der Waals surface area contributed by atoms with Crippen molar-refractivity contribution >= 4 is 17.1 Å². The molecule has 0 aliphatic heterocycles. The number of aromatic nitrogens is 1. The fourth-order valence-corrected chi connectivity index (χ4v) is 1.63. The van der Waals surface area contributed by atoms with Gasteiger partial charge in [-0.2, -0.15) is 0 Å². The summed E-state index contributed by atoms with van der Waals surface area (Å²) in [4.78, 5) is 26.9. The molecule has 0 radical (unpaired) electrons. The van der Waals surface area contributed by atoms with E-state index in [-0.39, 0.29) is 24.5 Å². The standard InChI is InChI=1S/C13H13NO4/c1-8-3-4-9-11(7-8)18-13(16)10(14-9)5-6-12(15)17-2/h3-4,7H,5-6H2,1-2H3. The first kappa shape index (κ1) is 12.3. The van der Waals surface area contributed by atoms with Crippen LogP contribution >= 0.6 is 0 Å². The molecule has 94 valence electrons. The molecule has 0 amide bonds. The Bertz CT molecular complexity index is 645. The second-order valence-electron chi connectivity index (χ2n) is 4.00. The van der Waals surface area contributed by atoms with E-state index < -0.39 is 5.63 Å². The monoisotopic (exact) mass is 247 g/mol. The Morgan fingerprint density at radius 1 is 1.44 bits per heavy atom. The minimum Gasteiger partial charge on any atom is -0.469 e. The highest BCUT2D eigenvalue weighted by molar-refractivity contribution is 5.73. The molecule has 1 heterocycles. The molecule has 0 aliphatic carbocycles. The molecular weight excluding hydrogens is 234 g/mol. The fourth-order valence-electron chi connectivity index (χ4n) is 1.63. The number of ether oxygens (including phenoxy) is 1. The highest BCUT2D eigenvalue weighted by atomic mass is 16.5. The van der Waals surface area contributed by atoms with Crippen molar-refractivity contribution in [3.05, 3.63) is 39.9 Å². The maximum atomic E-state index is 11.7. The Morgan fingerprint density at radius 3 is 2.94 bits per heavy atom. The second-order valence-corrected chi connectivity index (χ2v) is 4.00. The summed E-state index contributed by atoms with van der Waals surface area (Å²) >= 11 is 0. The van der Waals surface area contributed by atoms with Crippen molar-refractivity contribution in [3.8, 4) is 0 Å². The van der Waals surface area contributed by atoms with Crippen LogP contribution in [0, 0.1) is 6.92 Å². The van der Waals surface area contributed by atoms with Crippen LogP contribution in [-0.4, -0.2) is 18.1 Å². The summed E-state index contributed by atoms with van der Waals surface area (Å²) in [6.45, 7) is 1.91. The van der Waals surface area contributed by atoms with E-state index in [1.54, 1.807) is 12.1 Å². The van der Waals surface area contributed by atoms with Gasteiger partial charge in [-0.15, -0.1) is 0 Å². The van der Waals surface area contributed by atoms with Crippen LogP contribution in [0.15, 0.2) is 27.4 Å². The molecule has 1 aromatic heterocycles. The summed E-state index contributed by atoms with van der Waals surface area (Å²) in [6.07, 6.45) is 0.338. The number of carbonyl (C=O) groups is 1. The van der Waals surface area contributed by atoms with Gasteiger partial charge in [0, 0.05) is 6.42 Å². The Kier molecular flexibility index (Phi) is 3.41. The Hall–Kier alpha value is -2.17. The molecule has 1 aromatic carbocycles. The predicted molar refractivity (Wildman–Crippen MR) is 65.4 cm³/mol. The van der Waals surface area contributed by atoms with Gasteiger partial charge < -0.3 is 9.15 Å². The number of methoxy groups -OCH3 is 1. The quantitative estimate of drug-likeness (QED) is 0.770. The average molecular weight is 247 g/mol. The lowest BCUT2D eigenvalue weighted by Gasteiger charge is -2.01. The molecule has 0 aliphatic rings. The molecule has 5 heteroatoms. The summed E-state index contributed by atoms with van der Waals surface area (Å²) < 4.78 is 9.69. The Labute approximate surface area is 103 Å². The van der Waals surface area contributed by atoms with E-state index in [1.165, 1.54) is 7.11 Å². The van der Waals surface area contributed by atoms with Crippen molar-refractivity contribution in [2.24, 2.45) is 0 Å². The van der Waals surface area contributed by atoms with Crippen molar-refractivity contribution in [1.82, 2.24) is 4.98 Å². The Balaban J connectivity index is 2.35. The summed E-state index contributed by atoms with van der Waals surface area (Å²) in [5, 5.41) is 0. The molecule has 0 saturated heterocycles. The highest BCUT2D eigenvalue weighted by Gasteiger charge is 2.09. The number of hydrogen-bond acceptors (Lipinski definition) is 5. The van der Waals surface area contributed by atoms with Gasteiger partial charge in [0.1, 0.15) is 11.2 Å². The van der Waals surface area contributed by atoms with Crippen LogP contribution in [0.4, 0.5) is 0 Å². The third-order valence-electron chi connectivity index (χ3n) is 2.60. The predicted octanol–water partition coefficient (Wildman–Crippen LogP) is 1.60. The van der Waals surface area contributed by atoms with Gasteiger partial charge in [0.2, 0.25) is 0 Å².